The SMILES string of the molecule is Cl.Cl.N=C(N)c1ccc2c(c1)nc(CN(C(=O)c1ccccc1C(=O)O)c1ccc(OC3CCN(C(=N)N)CC3)cc1)n2C(C(N)=O)C1CCCCC1. The second-order valence-corrected chi connectivity index (χ2v) is 13.2. The molecular formula is C37H45Cl2N9O5. The third-order valence-electron chi connectivity index (χ3n) is 9.91. The summed E-state index contributed by atoms with van der Waals surface area (Å²) < 4.78 is 8.04. The summed E-state index contributed by atoms with van der Waals surface area (Å²) in [6, 6.07) is 17.4. The fourth-order valence-corrected chi connectivity index (χ4v) is 7.29. The van der Waals surface area contributed by atoms with Gasteiger partial charge in [0.2, 0.25) is 5.91 Å². The Bertz CT molecular complexity index is 1970. The molecule has 2 fully saturated rings. The number of nitrogens with zero attached hydrogens (tertiary/aromatic N) is 4. The van der Waals surface area contributed by atoms with Crippen molar-refractivity contribution >= 4 is 71.1 Å². The van der Waals surface area contributed by atoms with E-state index in [1.165, 1.54) is 17.0 Å². The van der Waals surface area contributed by atoms with Crippen LogP contribution in [0.15, 0.2) is 66.7 Å². The molecule has 53 heavy (non-hydrogen) atoms. The van der Waals surface area contributed by atoms with E-state index in [4.69, 9.17) is 37.7 Å². The number of carbonyl (C=O) groups excluding carboxylic acids is 2. The predicted molar refractivity (Wildman–Crippen MR) is 208 cm³/mol. The van der Waals surface area contributed by atoms with Gasteiger partial charge in [-0.1, -0.05) is 31.4 Å². The molecule has 1 saturated carbocycles. The summed E-state index contributed by atoms with van der Waals surface area (Å²) >= 11 is 0. The number of rotatable bonds is 11. The molecule has 14 nitrogen and oxygen atoms in total. The van der Waals surface area contributed by atoms with Crippen molar-refractivity contribution in [3.63, 3.8) is 0 Å². The smallest absolute Gasteiger partial charge is 0.336 e. The number of ether oxygens (including phenoxy) is 1. The van der Waals surface area contributed by atoms with Gasteiger partial charge in [-0.15, -0.1) is 24.8 Å². The van der Waals surface area contributed by atoms with Crippen molar-refractivity contribution in [1.29, 1.82) is 10.8 Å². The minimum Gasteiger partial charge on any atom is -0.490 e. The lowest BCUT2D eigenvalue weighted by molar-refractivity contribution is -0.123. The molecule has 1 aliphatic heterocycles. The molecule has 0 bridgehead atoms. The number of fused-ring (bicyclic) bond motifs is 1. The van der Waals surface area contributed by atoms with E-state index in [2.05, 4.69) is 0 Å². The van der Waals surface area contributed by atoms with Crippen molar-refractivity contribution in [1.82, 2.24) is 14.5 Å². The minimum absolute atomic E-state index is 0. The molecule has 2 heterocycles. The highest BCUT2D eigenvalue weighted by Gasteiger charge is 2.34. The number of hydrogen-bond acceptors (Lipinski definition) is 7. The molecule has 1 aliphatic carbocycles. The predicted octanol–water partition coefficient (Wildman–Crippen LogP) is 5.05. The van der Waals surface area contributed by atoms with E-state index < -0.39 is 23.8 Å². The summed E-state index contributed by atoms with van der Waals surface area (Å²) in [5.74, 6) is -1.50. The van der Waals surface area contributed by atoms with Crippen molar-refractivity contribution in [3.8, 4) is 5.75 Å². The van der Waals surface area contributed by atoms with E-state index in [-0.39, 0.29) is 66.3 Å². The number of hydrogen-bond donors (Lipinski definition) is 6. The molecule has 9 N–H and O–H groups in total. The lowest BCUT2D eigenvalue weighted by atomic mass is 9.83. The van der Waals surface area contributed by atoms with Gasteiger partial charge in [0.1, 0.15) is 29.6 Å². The van der Waals surface area contributed by atoms with Crippen LogP contribution in [-0.2, 0) is 11.3 Å². The fourth-order valence-electron chi connectivity index (χ4n) is 7.29. The molecule has 6 rings (SSSR count). The van der Waals surface area contributed by atoms with Crippen molar-refractivity contribution in [2.45, 2.75) is 63.6 Å². The van der Waals surface area contributed by atoms with Gasteiger partial charge in [0.25, 0.3) is 5.91 Å². The Labute approximate surface area is 319 Å². The Kier molecular flexibility index (Phi) is 13.3. The molecule has 4 aromatic rings. The number of likely N-dealkylation sites (tertiary alicyclic amines) is 1. The first-order valence-corrected chi connectivity index (χ1v) is 17.2. The lowest BCUT2D eigenvalue weighted by Gasteiger charge is -2.32. The third-order valence-corrected chi connectivity index (χ3v) is 9.91. The van der Waals surface area contributed by atoms with E-state index in [1.54, 1.807) is 59.5 Å². The summed E-state index contributed by atoms with van der Waals surface area (Å²) in [5.41, 5.74) is 19.4. The van der Waals surface area contributed by atoms with Crippen molar-refractivity contribution in [3.05, 3.63) is 89.2 Å². The summed E-state index contributed by atoms with van der Waals surface area (Å²) in [6.45, 7) is 1.11. The highest BCUT2D eigenvalue weighted by Crippen LogP contribution is 2.37. The van der Waals surface area contributed by atoms with E-state index in [0.717, 1.165) is 32.1 Å². The number of carboxylic acids is 1. The highest BCUT2D eigenvalue weighted by atomic mass is 35.5. The van der Waals surface area contributed by atoms with E-state index in [0.29, 0.717) is 59.8 Å². The van der Waals surface area contributed by atoms with Crippen LogP contribution in [0.1, 0.15) is 83.1 Å². The number of aromatic carboxylic acids is 1. The maximum absolute atomic E-state index is 14.5. The van der Waals surface area contributed by atoms with Gasteiger partial charge < -0.3 is 41.4 Å². The Morgan fingerprint density at radius 3 is 2.11 bits per heavy atom. The molecule has 1 atom stereocenters. The number of guanidine groups is 1. The number of imidazole rings is 1. The van der Waals surface area contributed by atoms with E-state index >= 15 is 0 Å². The average Bonchev–Trinajstić information content (AvgIpc) is 3.48. The first-order chi connectivity index (χ1) is 24.5. The highest BCUT2D eigenvalue weighted by molar-refractivity contribution is 6.12. The number of primary amides is 1. The lowest BCUT2D eigenvalue weighted by Crippen LogP contribution is -2.44. The zero-order chi connectivity index (χ0) is 36.2. The number of amidine groups is 1. The van der Waals surface area contributed by atoms with Gasteiger partial charge >= 0.3 is 5.97 Å². The molecule has 0 radical (unpaired) electrons. The standard InChI is InChI=1S/C37H43N9O5.2ClH/c38-33(39)23-10-15-30-29(20-23)43-31(46(30)32(34(40)47)22-6-2-1-3-7-22)21-45(35(48)27-8-4-5-9-28(27)36(49)50)24-11-13-25(14-12-24)51-26-16-18-44(19-17-26)37(41)42;;/h4-5,8-15,20,22,26,32H,1-3,6-7,16-19,21H2,(H3,38,39)(H2,40,47)(H3,41,42)(H,49,50);2*1H. The fraction of sp³-hybridized carbons (Fsp3) is 0.351. The van der Waals surface area contributed by atoms with Gasteiger partial charge in [-0.3, -0.25) is 20.4 Å². The van der Waals surface area contributed by atoms with Gasteiger partial charge in [0.05, 0.1) is 28.7 Å². The number of anilines is 1. The van der Waals surface area contributed by atoms with Crippen molar-refractivity contribution < 1.29 is 24.2 Å². The summed E-state index contributed by atoms with van der Waals surface area (Å²) in [6.07, 6.45) is 5.94. The number of nitrogens with two attached hydrogens (primary N) is 3. The van der Waals surface area contributed by atoms with Crippen LogP contribution in [0.5, 0.6) is 5.75 Å². The number of carboxylic acid groups (broad SMARTS) is 1. The number of benzene rings is 3. The minimum atomic E-state index is -1.24. The number of amides is 2. The van der Waals surface area contributed by atoms with Crippen LogP contribution in [0.3, 0.4) is 0 Å². The van der Waals surface area contributed by atoms with Crippen LogP contribution < -0.4 is 26.8 Å². The largest absolute Gasteiger partial charge is 0.490 e. The number of piperidine rings is 1. The quantitative estimate of drug-likeness (QED) is 0.0885. The maximum Gasteiger partial charge on any atom is 0.336 e. The number of aromatic nitrogens is 2. The number of nitrogen functional groups attached to an aromatic ring is 1. The summed E-state index contributed by atoms with van der Waals surface area (Å²) in [7, 11) is 0. The molecule has 282 valence electrons. The average molecular weight is 767 g/mol. The van der Waals surface area contributed by atoms with Crippen LogP contribution in [0.25, 0.3) is 11.0 Å². The van der Waals surface area contributed by atoms with E-state index in [9.17, 15) is 19.5 Å². The third kappa shape index (κ3) is 8.83. The van der Waals surface area contributed by atoms with Crippen LogP contribution >= 0.6 is 24.8 Å². The molecule has 2 aliphatic rings. The van der Waals surface area contributed by atoms with Crippen molar-refractivity contribution in [2.24, 2.45) is 23.1 Å². The zero-order valence-electron chi connectivity index (χ0n) is 29.1. The van der Waals surface area contributed by atoms with Crippen molar-refractivity contribution in [2.75, 3.05) is 18.0 Å². The molecule has 16 heteroatoms. The van der Waals surface area contributed by atoms with Gasteiger partial charge in [0.15, 0.2) is 5.96 Å². The Morgan fingerprint density at radius 2 is 1.53 bits per heavy atom. The summed E-state index contributed by atoms with van der Waals surface area (Å²) in [4.78, 5) is 48.1. The van der Waals surface area contributed by atoms with Crippen LogP contribution in [0.4, 0.5) is 5.69 Å². The number of nitrogens with one attached hydrogen (secondary N) is 2. The molecule has 1 aromatic heterocycles. The van der Waals surface area contributed by atoms with Crippen LogP contribution in [0, 0.1) is 16.7 Å². The number of halogens is 2. The molecule has 0 spiro atoms. The van der Waals surface area contributed by atoms with Crippen LogP contribution in [-0.4, -0.2) is 68.3 Å². The van der Waals surface area contributed by atoms with E-state index in [1.807, 2.05) is 4.57 Å². The molecule has 1 saturated heterocycles. The maximum atomic E-state index is 14.5. The zero-order valence-corrected chi connectivity index (χ0v) is 30.7. The first-order valence-electron chi connectivity index (χ1n) is 17.2. The second-order valence-electron chi connectivity index (χ2n) is 13.2. The monoisotopic (exact) mass is 765 g/mol. The first kappa shape index (κ1) is 40.4. The topological polar surface area (TPSA) is 231 Å². The molecular weight excluding hydrogens is 721 g/mol. The normalized spacial score (nSPS) is 15.4. The summed E-state index contributed by atoms with van der Waals surface area (Å²) in [5, 5.41) is 25.6. The van der Waals surface area contributed by atoms with Gasteiger partial charge in [-0.05, 0) is 73.4 Å². The Hall–Kier alpha value is -5.34. The van der Waals surface area contributed by atoms with Crippen LogP contribution in [0.2, 0.25) is 0 Å². The molecule has 3 aromatic carbocycles. The Morgan fingerprint density at radius 1 is 0.887 bits per heavy atom. The van der Waals surface area contributed by atoms with Gasteiger partial charge in [-0.2, -0.15) is 0 Å². The van der Waals surface area contributed by atoms with Gasteiger partial charge in [0, 0.05) is 37.2 Å². The van der Waals surface area contributed by atoms with Gasteiger partial charge in [-0.25, -0.2) is 9.78 Å². The second kappa shape index (κ2) is 17.5. The molecule has 1 unspecified atom stereocenters. The Balaban J connectivity index is 0.00000314. The number of carbonyl (C=O) groups is 3. The molecule has 2 amide bonds.